The minimum Gasteiger partial charge on any atom is -0.321 e. The lowest BCUT2D eigenvalue weighted by Crippen LogP contribution is -2.12. The molecule has 0 aliphatic heterocycles. The Kier molecular flexibility index (Phi) is 2.28. The van der Waals surface area contributed by atoms with Crippen molar-refractivity contribution in [1.82, 2.24) is 4.98 Å². The first-order chi connectivity index (χ1) is 7.54. The van der Waals surface area contributed by atoms with Crippen LogP contribution in [0.15, 0.2) is 16.9 Å². The first kappa shape index (κ1) is 10.4. The number of pyridine rings is 1. The van der Waals surface area contributed by atoms with E-state index in [4.69, 9.17) is 5.26 Å². The second-order valence-electron chi connectivity index (χ2n) is 4.07. The lowest BCUT2D eigenvalue weighted by atomic mass is 9.99. The molecule has 0 unspecified atom stereocenters. The molecule has 0 aliphatic rings. The third-order valence-corrected chi connectivity index (χ3v) is 2.82. The Morgan fingerprint density at radius 2 is 1.94 bits per heavy atom. The second-order valence-corrected chi connectivity index (χ2v) is 4.07. The van der Waals surface area contributed by atoms with Gasteiger partial charge in [0.05, 0.1) is 0 Å². The summed E-state index contributed by atoms with van der Waals surface area (Å²) in [6.07, 6.45) is 0. The van der Waals surface area contributed by atoms with Crippen LogP contribution >= 0.6 is 0 Å². The van der Waals surface area contributed by atoms with Crippen LogP contribution in [0, 0.1) is 32.1 Å². The zero-order chi connectivity index (χ0) is 11.9. The van der Waals surface area contributed by atoms with Gasteiger partial charge in [0.25, 0.3) is 5.56 Å². The molecular weight excluding hydrogens is 200 g/mol. The van der Waals surface area contributed by atoms with E-state index < -0.39 is 0 Å². The quantitative estimate of drug-likeness (QED) is 0.728. The number of aryl methyl sites for hydroxylation is 3. The van der Waals surface area contributed by atoms with Gasteiger partial charge in [0.2, 0.25) is 0 Å². The van der Waals surface area contributed by atoms with Crippen LogP contribution in [0.25, 0.3) is 10.9 Å². The average molecular weight is 212 g/mol. The highest BCUT2D eigenvalue weighted by atomic mass is 16.1. The number of aromatic nitrogens is 1. The van der Waals surface area contributed by atoms with Crippen LogP contribution in [0.2, 0.25) is 0 Å². The molecule has 1 aromatic heterocycles. The van der Waals surface area contributed by atoms with Gasteiger partial charge in [-0.25, -0.2) is 0 Å². The van der Waals surface area contributed by atoms with Crippen LogP contribution in [-0.4, -0.2) is 4.98 Å². The minimum atomic E-state index is -0.308. The Morgan fingerprint density at radius 3 is 2.56 bits per heavy atom. The van der Waals surface area contributed by atoms with Crippen molar-refractivity contribution in [2.45, 2.75) is 20.8 Å². The first-order valence-corrected chi connectivity index (χ1v) is 5.08. The topological polar surface area (TPSA) is 56.6 Å². The monoisotopic (exact) mass is 212 g/mol. The molecule has 80 valence electrons. The van der Waals surface area contributed by atoms with Gasteiger partial charge in [-0.2, -0.15) is 5.26 Å². The fourth-order valence-electron chi connectivity index (χ4n) is 2.18. The Balaban J connectivity index is 3.07. The van der Waals surface area contributed by atoms with Gasteiger partial charge in [-0.15, -0.1) is 0 Å². The van der Waals surface area contributed by atoms with Crippen LogP contribution in [0.5, 0.6) is 0 Å². The number of aromatic amines is 1. The molecule has 0 spiro atoms. The van der Waals surface area contributed by atoms with Crippen molar-refractivity contribution < 1.29 is 0 Å². The molecule has 3 heteroatoms. The summed E-state index contributed by atoms with van der Waals surface area (Å²) in [4.78, 5) is 14.4. The number of H-pyrrole nitrogens is 1. The number of hydrogen-bond donors (Lipinski definition) is 1. The summed E-state index contributed by atoms with van der Waals surface area (Å²) in [5, 5.41) is 9.91. The molecule has 0 fully saturated rings. The summed E-state index contributed by atoms with van der Waals surface area (Å²) >= 11 is 0. The van der Waals surface area contributed by atoms with Gasteiger partial charge in [0.1, 0.15) is 11.6 Å². The number of rotatable bonds is 0. The molecule has 1 aromatic carbocycles. The van der Waals surface area contributed by atoms with Crippen molar-refractivity contribution in [2.75, 3.05) is 0 Å². The van der Waals surface area contributed by atoms with Crippen LogP contribution in [0.1, 0.15) is 22.3 Å². The second kappa shape index (κ2) is 3.49. The summed E-state index contributed by atoms with van der Waals surface area (Å²) in [7, 11) is 0. The smallest absolute Gasteiger partial charge is 0.266 e. The molecule has 2 rings (SSSR count). The minimum absolute atomic E-state index is 0.208. The van der Waals surface area contributed by atoms with Crippen molar-refractivity contribution in [3.63, 3.8) is 0 Å². The molecule has 0 radical (unpaired) electrons. The lowest BCUT2D eigenvalue weighted by molar-refractivity contribution is 1.23. The summed E-state index contributed by atoms with van der Waals surface area (Å²) in [5.41, 5.74) is 3.65. The fraction of sp³-hybridized carbons (Fsp3) is 0.231. The zero-order valence-electron chi connectivity index (χ0n) is 9.51. The largest absolute Gasteiger partial charge is 0.321 e. The van der Waals surface area contributed by atoms with Gasteiger partial charge >= 0.3 is 0 Å². The Bertz CT molecular complexity index is 675. The molecule has 1 heterocycles. The van der Waals surface area contributed by atoms with E-state index in [9.17, 15) is 4.79 Å². The molecule has 2 aromatic rings. The Labute approximate surface area is 93.3 Å². The summed E-state index contributed by atoms with van der Waals surface area (Å²) in [5.74, 6) is 0. The average Bonchev–Trinajstić information content (AvgIpc) is 2.15. The molecule has 0 saturated heterocycles. The summed E-state index contributed by atoms with van der Waals surface area (Å²) in [6, 6.07) is 5.93. The van der Waals surface area contributed by atoms with Gasteiger partial charge < -0.3 is 4.98 Å². The number of fused-ring (bicyclic) bond motifs is 1. The van der Waals surface area contributed by atoms with Gasteiger partial charge in [0.15, 0.2) is 0 Å². The van der Waals surface area contributed by atoms with E-state index in [1.165, 1.54) is 0 Å². The third-order valence-electron chi connectivity index (χ3n) is 2.82. The highest BCUT2D eigenvalue weighted by Crippen LogP contribution is 2.22. The van der Waals surface area contributed by atoms with Crippen LogP contribution in [-0.2, 0) is 0 Å². The number of nitrogens with zero attached hydrogens (tertiary/aromatic N) is 1. The maximum Gasteiger partial charge on any atom is 0.266 e. The highest BCUT2D eigenvalue weighted by molar-refractivity contribution is 5.87. The first-order valence-electron chi connectivity index (χ1n) is 5.08. The van der Waals surface area contributed by atoms with E-state index in [2.05, 4.69) is 11.1 Å². The molecule has 0 aliphatic carbocycles. The van der Waals surface area contributed by atoms with Crippen molar-refractivity contribution in [3.05, 3.63) is 44.7 Å². The van der Waals surface area contributed by atoms with Crippen molar-refractivity contribution in [2.24, 2.45) is 0 Å². The van der Waals surface area contributed by atoms with E-state index in [1.807, 2.05) is 32.9 Å². The van der Waals surface area contributed by atoms with E-state index in [0.717, 1.165) is 27.6 Å². The number of nitriles is 1. The molecule has 16 heavy (non-hydrogen) atoms. The van der Waals surface area contributed by atoms with Gasteiger partial charge in [0, 0.05) is 10.9 Å². The van der Waals surface area contributed by atoms with Crippen molar-refractivity contribution >= 4 is 10.9 Å². The zero-order valence-corrected chi connectivity index (χ0v) is 9.51. The number of hydrogen-bond acceptors (Lipinski definition) is 2. The molecule has 0 amide bonds. The van der Waals surface area contributed by atoms with Gasteiger partial charge in [-0.3, -0.25) is 4.79 Å². The predicted octanol–water partition coefficient (Wildman–Crippen LogP) is 2.33. The van der Waals surface area contributed by atoms with Gasteiger partial charge in [-0.05, 0) is 43.5 Å². The van der Waals surface area contributed by atoms with E-state index in [0.29, 0.717) is 0 Å². The fourth-order valence-corrected chi connectivity index (χ4v) is 2.18. The summed E-state index contributed by atoms with van der Waals surface area (Å²) in [6.45, 7) is 5.79. The predicted molar refractivity (Wildman–Crippen MR) is 63.5 cm³/mol. The van der Waals surface area contributed by atoms with Crippen LogP contribution < -0.4 is 5.56 Å². The maximum atomic E-state index is 11.6. The SMILES string of the molecule is Cc1cc(C)c2c(C)c(C#N)c(=O)[nH]c2c1. The summed E-state index contributed by atoms with van der Waals surface area (Å²) < 4.78 is 0. The standard InChI is InChI=1S/C13H12N2O/c1-7-4-8(2)12-9(3)10(6-14)13(16)15-11(12)5-7/h4-5H,1-3H3,(H,15,16). The van der Waals surface area contributed by atoms with Crippen LogP contribution in [0.3, 0.4) is 0 Å². The highest BCUT2D eigenvalue weighted by Gasteiger charge is 2.10. The molecule has 3 nitrogen and oxygen atoms in total. The Hall–Kier alpha value is -2.08. The molecular formula is C13H12N2O. The third kappa shape index (κ3) is 1.40. The van der Waals surface area contributed by atoms with Crippen molar-refractivity contribution in [1.29, 1.82) is 5.26 Å². The maximum absolute atomic E-state index is 11.6. The normalized spacial score (nSPS) is 10.4. The molecule has 0 saturated carbocycles. The lowest BCUT2D eigenvalue weighted by Gasteiger charge is -2.08. The van der Waals surface area contributed by atoms with Crippen molar-refractivity contribution in [3.8, 4) is 6.07 Å². The molecule has 0 bridgehead atoms. The van der Waals surface area contributed by atoms with E-state index in [-0.39, 0.29) is 11.1 Å². The molecule has 0 atom stereocenters. The van der Waals surface area contributed by atoms with Crippen LogP contribution in [0.4, 0.5) is 0 Å². The van der Waals surface area contributed by atoms with E-state index in [1.54, 1.807) is 0 Å². The van der Waals surface area contributed by atoms with E-state index >= 15 is 0 Å². The number of benzene rings is 1. The number of nitrogens with one attached hydrogen (secondary N) is 1. The Morgan fingerprint density at radius 1 is 1.25 bits per heavy atom. The van der Waals surface area contributed by atoms with Gasteiger partial charge in [-0.1, -0.05) is 6.07 Å². The molecule has 1 N–H and O–H groups in total.